The highest BCUT2D eigenvalue weighted by Crippen LogP contribution is 2.13. The Hall–Kier alpha value is -1.48. The molecule has 0 spiro atoms. The van der Waals surface area contributed by atoms with Crippen LogP contribution in [0.2, 0.25) is 5.02 Å². The maximum absolute atomic E-state index is 5.81. The molecule has 0 amide bonds. The summed E-state index contributed by atoms with van der Waals surface area (Å²) in [6, 6.07) is 7.72. The highest BCUT2D eigenvalue weighted by Gasteiger charge is 2.03. The van der Waals surface area contributed by atoms with Gasteiger partial charge in [0.1, 0.15) is 0 Å². The lowest BCUT2D eigenvalue weighted by Gasteiger charge is -2.04. The Morgan fingerprint density at radius 3 is 2.53 bits per heavy atom. The van der Waals surface area contributed by atoms with E-state index in [0.29, 0.717) is 0 Å². The Morgan fingerprint density at radius 1 is 1.33 bits per heavy atom. The highest BCUT2D eigenvalue weighted by molar-refractivity contribution is 6.30. The van der Waals surface area contributed by atoms with Gasteiger partial charge in [-0.2, -0.15) is 5.10 Å². The number of hydrogen-bond donors (Lipinski definition) is 1. The van der Waals surface area contributed by atoms with Gasteiger partial charge in [-0.05, 0) is 24.6 Å². The van der Waals surface area contributed by atoms with Crippen molar-refractivity contribution < 1.29 is 0 Å². The summed E-state index contributed by atoms with van der Waals surface area (Å²) in [6.45, 7) is 2.68. The van der Waals surface area contributed by atoms with Crippen molar-refractivity contribution in [3.8, 4) is 0 Å². The molecule has 1 aromatic carbocycles. The average Bonchev–Trinajstić information content (AvgIpc) is 2.53. The van der Waals surface area contributed by atoms with Gasteiger partial charge in [-0.1, -0.05) is 23.7 Å². The van der Waals surface area contributed by atoms with Crippen LogP contribution in [-0.4, -0.2) is 9.78 Å². The lowest BCUT2D eigenvalue weighted by atomic mass is 10.2. The minimum absolute atomic E-state index is 0.722. The molecule has 0 aliphatic heterocycles. The molecular formula is C11H12ClN3. The molecule has 78 valence electrons. The second-order valence-electron chi connectivity index (χ2n) is 3.47. The van der Waals surface area contributed by atoms with Crippen LogP contribution in [0, 0.1) is 6.92 Å². The average molecular weight is 222 g/mol. The van der Waals surface area contributed by atoms with Crippen molar-refractivity contribution in [3.63, 3.8) is 0 Å². The largest absolute Gasteiger partial charge is 0.396 e. The molecule has 2 rings (SSSR count). The van der Waals surface area contributed by atoms with Gasteiger partial charge in [0.2, 0.25) is 0 Å². The van der Waals surface area contributed by atoms with Crippen LogP contribution in [0.3, 0.4) is 0 Å². The van der Waals surface area contributed by atoms with Crippen molar-refractivity contribution >= 4 is 17.3 Å². The van der Waals surface area contributed by atoms with Crippen LogP contribution >= 0.6 is 11.6 Å². The third-order valence-electron chi connectivity index (χ3n) is 2.39. The fraction of sp³-hybridized carbons (Fsp3) is 0.182. The second-order valence-corrected chi connectivity index (χ2v) is 3.91. The maximum Gasteiger partial charge on any atom is 0.0730 e. The fourth-order valence-corrected chi connectivity index (χ4v) is 1.51. The van der Waals surface area contributed by atoms with Gasteiger partial charge in [0.05, 0.1) is 24.1 Å². The summed E-state index contributed by atoms with van der Waals surface area (Å²) >= 11 is 5.81. The Balaban J connectivity index is 2.22. The summed E-state index contributed by atoms with van der Waals surface area (Å²) in [5.74, 6) is 0. The highest BCUT2D eigenvalue weighted by atomic mass is 35.5. The third kappa shape index (κ3) is 2.13. The monoisotopic (exact) mass is 221 g/mol. The summed E-state index contributed by atoms with van der Waals surface area (Å²) in [7, 11) is 0. The zero-order valence-electron chi connectivity index (χ0n) is 8.44. The first kappa shape index (κ1) is 10.1. The minimum atomic E-state index is 0.722. The molecule has 1 heterocycles. The lowest BCUT2D eigenvalue weighted by molar-refractivity contribution is 0.665. The van der Waals surface area contributed by atoms with Crippen molar-refractivity contribution in [2.75, 3.05) is 5.73 Å². The minimum Gasteiger partial charge on any atom is -0.396 e. The van der Waals surface area contributed by atoms with Gasteiger partial charge in [-0.25, -0.2) is 0 Å². The lowest BCUT2D eigenvalue weighted by Crippen LogP contribution is -2.03. The zero-order chi connectivity index (χ0) is 10.8. The summed E-state index contributed by atoms with van der Waals surface area (Å²) in [5.41, 5.74) is 8.59. The van der Waals surface area contributed by atoms with E-state index in [1.807, 2.05) is 35.9 Å². The first-order valence-corrected chi connectivity index (χ1v) is 5.07. The summed E-state index contributed by atoms with van der Waals surface area (Å²) in [6.07, 6.45) is 1.67. The molecule has 0 atom stereocenters. The Morgan fingerprint density at radius 2 is 2.00 bits per heavy atom. The van der Waals surface area contributed by atoms with E-state index < -0.39 is 0 Å². The van der Waals surface area contributed by atoms with Gasteiger partial charge in [-0.3, -0.25) is 4.68 Å². The molecule has 15 heavy (non-hydrogen) atoms. The standard InChI is InChI=1S/C11H12ClN3/c1-8-11(13)6-14-15(8)7-9-2-4-10(12)5-3-9/h2-6H,7,13H2,1H3. The molecule has 4 heteroatoms. The van der Waals surface area contributed by atoms with Crippen molar-refractivity contribution in [1.29, 1.82) is 0 Å². The molecule has 1 aromatic heterocycles. The number of rotatable bonds is 2. The van der Waals surface area contributed by atoms with E-state index >= 15 is 0 Å². The van der Waals surface area contributed by atoms with Crippen molar-refractivity contribution in [2.45, 2.75) is 13.5 Å². The Labute approximate surface area is 93.5 Å². The third-order valence-corrected chi connectivity index (χ3v) is 2.64. The number of nitrogen functional groups attached to an aromatic ring is 1. The van der Waals surface area contributed by atoms with E-state index in [4.69, 9.17) is 17.3 Å². The zero-order valence-corrected chi connectivity index (χ0v) is 9.20. The van der Waals surface area contributed by atoms with E-state index in [0.717, 1.165) is 28.5 Å². The molecule has 3 nitrogen and oxygen atoms in total. The SMILES string of the molecule is Cc1c(N)cnn1Cc1ccc(Cl)cc1. The Bertz CT molecular complexity index is 459. The smallest absolute Gasteiger partial charge is 0.0730 e. The fourth-order valence-electron chi connectivity index (χ4n) is 1.38. The van der Waals surface area contributed by atoms with Gasteiger partial charge in [0.15, 0.2) is 0 Å². The van der Waals surface area contributed by atoms with E-state index in [1.54, 1.807) is 6.20 Å². The number of anilines is 1. The van der Waals surface area contributed by atoms with Gasteiger partial charge < -0.3 is 5.73 Å². The van der Waals surface area contributed by atoms with Gasteiger partial charge in [0.25, 0.3) is 0 Å². The molecule has 2 aromatic rings. The molecule has 0 bridgehead atoms. The topological polar surface area (TPSA) is 43.8 Å². The number of nitrogens with two attached hydrogens (primary N) is 1. The molecule has 0 fully saturated rings. The number of halogens is 1. The quantitative estimate of drug-likeness (QED) is 0.847. The molecule has 0 saturated carbocycles. The van der Waals surface area contributed by atoms with Crippen molar-refractivity contribution in [1.82, 2.24) is 9.78 Å². The predicted octanol–water partition coefficient (Wildman–Crippen LogP) is 2.48. The van der Waals surface area contributed by atoms with Crippen LogP contribution in [0.25, 0.3) is 0 Å². The molecule has 0 aliphatic carbocycles. The molecule has 0 saturated heterocycles. The van der Waals surface area contributed by atoms with E-state index in [1.165, 1.54) is 0 Å². The predicted molar refractivity (Wildman–Crippen MR) is 61.9 cm³/mol. The second kappa shape index (κ2) is 3.95. The normalized spacial score (nSPS) is 10.5. The molecule has 0 unspecified atom stereocenters. The molecule has 0 aliphatic rings. The van der Waals surface area contributed by atoms with Crippen LogP contribution in [0.5, 0.6) is 0 Å². The number of benzene rings is 1. The number of hydrogen-bond acceptors (Lipinski definition) is 2. The van der Waals surface area contributed by atoms with E-state index in [-0.39, 0.29) is 0 Å². The summed E-state index contributed by atoms with van der Waals surface area (Å²) < 4.78 is 1.87. The van der Waals surface area contributed by atoms with Gasteiger partial charge in [-0.15, -0.1) is 0 Å². The number of nitrogens with zero attached hydrogens (tertiary/aromatic N) is 2. The molecule has 2 N–H and O–H groups in total. The first-order valence-electron chi connectivity index (χ1n) is 4.69. The summed E-state index contributed by atoms with van der Waals surface area (Å²) in [5, 5.41) is 4.94. The van der Waals surface area contributed by atoms with Gasteiger partial charge in [0, 0.05) is 5.02 Å². The van der Waals surface area contributed by atoms with Crippen molar-refractivity contribution in [2.24, 2.45) is 0 Å². The number of aromatic nitrogens is 2. The molecular weight excluding hydrogens is 210 g/mol. The first-order chi connectivity index (χ1) is 7.16. The molecule has 0 radical (unpaired) electrons. The van der Waals surface area contributed by atoms with Crippen LogP contribution in [-0.2, 0) is 6.54 Å². The maximum atomic E-state index is 5.81. The Kier molecular flexibility index (Phi) is 2.64. The van der Waals surface area contributed by atoms with Crippen LogP contribution in [0.4, 0.5) is 5.69 Å². The summed E-state index contributed by atoms with van der Waals surface area (Å²) in [4.78, 5) is 0. The van der Waals surface area contributed by atoms with Crippen LogP contribution in [0.15, 0.2) is 30.5 Å². The van der Waals surface area contributed by atoms with Crippen LogP contribution < -0.4 is 5.73 Å². The van der Waals surface area contributed by atoms with E-state index in [2.05, 4.69) is 5.10 Å². The van der Waals surface area contributed by atoms with E-state index in [9.17, 15) is 0 Å². The van der Waals surface area contributed by atoms with Crippen molar-refractivity contribution in [3.05, 3.63) is 46.7 Å². The van der Waals surface area contributed by atoms with Gasteiger partial charge >= 0.3 is 0 Å². The van der Waals surface area contributed by atoms with Crippen LogP contribution in [0.1, 0.15) is 11.3 Å².